The minimum absolute atomic E-state index is 0.0359. The highest BCUT2D eigenvalue weighted by atomic mass is 79.9. The molecule has 1 aliphatic heterocycles. The summed E-state index contributed by atoms with van der Waals surface area (Å²) >= 11 is 3.37. The maximum Gasteiger partial charge on any atom is 0.295 e. The second-order valence-corrected chi connectivity index (χ2v) is 8.68. The van der Waals surface area contributed by atoms with E-state index in [2.05, 4.69) is 15.9 Å². The van der Waals surface area contributed by atoms with Crippen LogP contribution in [-0.4, -0.2) is 68.0 Å². The van der Waals surface area contributed by atoms with Crippen molar-refractivity contribution >= 4 is 33.4 Å². The molecule has 0 saturated carbocycles. The Bertz CT molecular complexity index is 1030. The maximum absolute atomic E-state index is 13.1. The molecule has 0 bridgehead atoms. The van der Waals surface area contributed by atoms with Crippen LogP contribution in [0, 0.1) is 0 Å². The largest absolute Gasteiger partial charge is 0.507 e. The molecule has 0 unspecified atom stereocenters. The molecule has 1 amide bonds. The number of amides is 1. The van der Waals surface area contributed by atoms with Crippen LogP contribution in [0.2, 0.25) is 0 Å². The van der Waals surface area contributed by atoms with E-state index >= 15 is 0 Å². The number of rotatable bonds is 8. The summed E-state index contributed by atoms with van der Waals surface area (Å²) in [5.74, 6) is -0.524. The average Bonchev–Trinajstić information content (AvgIpc) is 3.03. The van der Waals surface area contributed by atoms with E-state index in [1.165, 1.54) is 12.0 Å². The summed E-state index contributed by atoms with van der Waals surface area (Å²) < 4.78 is 11.8. The van der Waals surface area contributed by atoms with Crippen LogP contribution in [0.15, 0.2) is 52.5 Å². The first-order chi connectivity index (χ1) is 15.3. The van der Waals surface area contributed by atoms with Gasteiger partial charge in [-0.3, -0.25) is 9.59 Å². The van der Waals surface area contributed by atoms with Crippen LogP contribution >= 0.6 is 15.9 Å². The first-order valence-corrected chi connectivity index (χ1v) is 11.0. The molecule has 32 heavy (non-hydrogen) atoms. The number of ether oxygens (including phenoxy) is 2. The van der Waals surface area contributed by atoms with Gasteiger partial charge in [0.15, 0.2) is 0 Å². The number of nitrogens with zero attached hydrogens (tertiary/aromatic N) is 2. The van der Waals surface area contributed by atoms with Gasteiger partial charge in [0.05, 0.1) is 25.8 Å². The van der Waals surface area contributed by atoms with Crippen LogP contribution in [0.25, 0.3) is 5.76 Å². The lowest BCUT2D eigenvalue weighted by molar-refractivity contribution is -0.140. The quantitative estimate of drug-likeness (QED) is 0.335. The third-order valence-corrected chi connectivity index (χ3v) is 5.92. The summed E-state index contributed by atoms with van der Waals surface area (Å²) in [4.78, 5) is 29.7. The number of likely N-dealkylation sites (tertiary alicyclic amines) is 1. The first kappa shape index (κ1) is 23.8. The molecule has 1 atom stereocenters. The van der Waals surface area contributed by atoms with E-state index < -0.39 is 17.7 Å². The highest BCUT2D eigenvalue weighted by molar-refractivity contribution is 9.10. The fraction of sp³-hybridized carbons (Fsp3) is 0.333. The molecular weight excluding hydrogens is 476 g/mol. The summed E-state index contributed by atoms with van der Waals surface area (Å²) in [6.07, 6.45) is 0.668. The lowest BCUT2D eigenvalue weighted by atomic mass is 9.94. The number of benzene rings is 2. The van der Waals surface area contributed by atoms with E-state index in [1.807, 2.05) is 19.0 Å². The molecule has 1 saturated heterocycles. The van der Waals surface area contributed by atoms with Crippen molar-refractivity contribution in [2.24, 2.45) is 0 Å². The monoisotopic (exact) mass is 502 g/mol. The number of aliphatic hydroxyl groups is 1. The van der Waals surface area contributed by atoms with Gasteiger partial charge < -0.3 is 24.4 Å². The molecule has 1 heterocycles. The van der Waals surface area contributed by atoms with Crippen LogP contribution in [0.3, 0.4) is 0 Å². The molecule has 170 valence electrons. The summed E-state index contributed by atoms with van der Waals surface area (Å²) in [7, 11) is 6.97. The fourth-order valence-corrected chi connectivity index (χ4v) is 4.07. The van der Waals surface area contributed by atoms with E-state index in [0.29, 0.717) is 35.6 Å². The van der Waals surface area contributed by atoms with Crippen LogP contribution in [-0.2, 0) is 9.59 Å². The molecule has 1 fully saturated rings. The van der Waals surface area contributed by atoms with Crippen molar-refractivity contribution in [2.75, 3.05) is 41.4 Å². The normalized spacial score (nSPS) is 17.8. The number of aliphatic hydroxyl groups excluding tert-OH is 1. The van der Waals surface area contributed by atoms with Crippen LogP contribution in [0.5, 0.6) is 11.5 Å². The Morgan fingerprint density at radius 1 is 1.09 bits per heavy atom. The van der Waals surface area contributed by atoms with Crippen molar-refractivity contribution in [2.45, 2.75) is 12.5 Å². The molecular formula is C24H27BrN2O5. The fourth-order valence-electron chi connectivity index (χ4n) is 3.81. The van der Waals surface area contributed by atoms with Gasteiger partial charge in [-0.25, -0.2) is 0 Å². The predicted molar refractivity (Wildman–Crippen MR) is 126 cm³/mol. The molecule has 1 N–H and O–H groups in total. The van der Waals surface area contributed by atoms with Crippen molar-refractivity contribution in [3.63, 3.8) is 0 Å². The average molecular weight is 503 g/mol. The Hall–Kier alpha value is -2.84. The van der Waals surface area contributed by atoms with Gasteiger partial charge in [-0.1, -0.05) is 28.1 Å². The second-order valence-electron chi connectivity index (χ2n) is 7.76. The zero-order valence-corrected chi connectivity index (χ0v) is 20.2. The van der Waals surface area contributed by atoms with Gasteiger partial charge in [-0.15, -0.1) is 0 Å². The first-order valence-electron chi connectivity index (χ1n) is 10.2. The van der Waals surface area contributed by atoms with E-state index in [4.69, 9.17) is 9.47 Å². The molecule has 1 aliphatic rings. The Kier molecular flexibility index (Phi) is 7.58. The number of ketones is 1. The van der Waals surface area contributed by atoms with E-state index in [1.54, 1.807) is 49.6 Å². The lowest BCUT2D eigenvalue weighted by Crippen LogP contribution is -2.32. The third-order valence-electron chi connectivity index (χ3n) is 5.39. The van der Waals surface area contributed by atoms with Crippen molar-refractivity contribution in [1.82, 2.24) is 9.80 Å². The summed E-state index contributed by atoms with van der Waals surface area (Å²) in [6.45, 7) is 1.10. The van der Waals surface area contributed by atoms with Gasteiger partial charge in [-0.05, 0) is 57.4 Å². The summed E-state index contributed by atoms with van der Waals surface area (Å²) in [5, 5.41) is 11.1. The Morgan fingerprint density at radius 3 is 2.38 bits per heavy atom. The minimum atomic E-state index is -0.800. The van der Waals surface area contributed by atoms with Gasteiger partial charge in [0, 0.05) is 22.1 Å². The highest BCUT2D eigenvalue weighted by Crippen LogP contribution is 2.44. The number of Topliss-reactive ketones (excluding diaryl/α,β-unsaturated/α-hetero) is 1. The number of methoxy groups -OCH3 is 2. The van der Waals surface area contributed by atoms with Gasteiger partial charge in [0.2, 0.25) is 0 Å². The highest BCUT2D eigenvalue weighted by Gasteiger charge is 2.47. The van der Waals surface area contributed by atoms with E-state index in [0.717, 1.165) is 11.0 Å². The number of halogens is 1. The standard InChI is InChI=1S/C24H27BrN2O5/c1-26(2)12-5-13-27-21(18-14-17(31-3)10-11-19(18)32-4)20(23(29)24(27)30)22(28)15-6-8-16(25)9-7-15/h6-11,14,21,28H,5,12-13H2,1-4H3/t21-/m1/s1. The lowest BCUT2D eigenvalue weighted by Gasteiger charge is -2.27. The van der Waals surface area contributed by atoms with E-state index in [9.17, 15) is 14.7 Å². The summed E-state index contributed by atoms with van der Waals surface area (Å²) in [5.41, 5.74) is 1.06. The molecule has 0 aromatic heterocycles. The molecule has 8 heteroatoms. The van der Waals surface area contributed by atoms with Crippen LogP contribution < -0.4 is 9.47 Å². The van der Waals surface area contributed by atoms with Crippen molar-refractivity contribution in [3.05, 3.63) is 63.6 Å². The van der Waals surface area contributed by atoms with Gasteiger partial charge >= 0.3 is 0 Å². The number of hydrogen-bond acceptors (Lipinski definition) is 6. The zero-order chi connectivity index (χ0) is 23.4. The van der Waals surface area contributed by atoms with Crippen LogP contribution in [0.1, 0.15) is 23.6 Å². The molecule has 0 spiro atoms. The van der Waals surface area contributed by atoms with Gasteiger partial charge in [-0.2, -0.15) is 0 Å². The molecule has 3 rings (SSSR count). The molecule has 2 aromatic rings. The van der Waals surface area contributed by atoms with Gasteiger partial charge in [0.1, 0.15) is 17.3 Å². The minimum Gasteiger partial charge on any atom is -0.507 e. The Morgan fingerprint density at radius 2 is 1.78 bits per heavy atom. The van der Waals surface area contributed by atoms with Gasteiger partial charge in [0.25, 0.3) is 11.7 Å². The Balaban J connectivity index is 2.18. The topological polar surface area (TPSA) is 79.3 Å². The SMILES string of the molecule is COc1ccc(OC)c([C@@H]2C(=C(O)c3ccc(Br)cc3)C(=O)C(=O)N2CCCN(C)C)c1. The van der Waals surface area contributed by atoms with Crippen LogP contribution in [0.4, 0.5) is 0 Å². The molecule has 0 aliphatic carbocycles. The predicted octanol–water partition coefficient (Wildman–Crippen LogP) is 3.84. The summed E-state index contributed by atoms with van der Waals surface area (Å²) in [6, 6.07) is 11.3. The smallest absolute Gasteiger partial charge is 0.295 e. The second kappa shape index (κ2) is 10.2. The third kappa shape index (κ3) is 4.81. The van der Waals surface area contributed by atoms with Crippen molar-refractivity contribution in [1.29, 1.82) is 0 Å². The number of carbonyl (C=O) groups is 2. The van der Waals surface area contributed by atoms with E-state index in [-0.39, 0.29) is 11.3 Å². The molecule has 0 radical (unpaired) electrons. The Labute approximate surface area is 196 Å². The zero-order valence-electron chi connectivity index (χ0n) is 18.6. The van der Waals surface area contributed by atoms with Crippen molar-refractivity contribution in [3.8, 4) is 11.5 Å². The number of carbonyl (C=O) groups excluding carboxylic acids is 2. The number of hydrogen-bond donors (Lipinski definition) is 1. The molecule has 2 aromatic carbocycles. The molecule has 7 nitrogen and oxygen atoms in total. The van der Waals surface area contributed by atoms with Crippen molar-refractivity contribution < 1.29 is 24.2 Å². The maximum atomic E-state index is 13.1.